The van der Waals surface area contributed by atoms with Crippen molar-refractivity contribution in [2.24, 2.45) is 29.1 Å². The first kappa shape index (κ1) is 10.6. The molecule has 4 rings (SSSR count). The van der Waals surface area contributed by atoms with E-state index in [4.69, 9.17) is 0 Å². The van der Waals surface area contributed by atoms with Crippen molar-refractivity contribution in [1.82, 2.24) is 0 Å². The van der Waals surface area contributed by atoms with Gasteiger partial charge in [0.25, 0.3) is 0 Å². The van der Waals surface area contributed by atoms with Gasteiger partial charge >= 0.3 is 0 Å². The van der Waals surface area contributed by atoms with Gasteiger partial charge < -0.3 is 0 Å². The molecule has 86 valence electrons. The molecule has 0 aromatic carbocycles. The van der Waals surface area contributed by atoms with E-state index in [1.54, 1.807) is 6.42 Å². The molecule has 4 bridgehead atoms. The van der Waals surface area contributed by atoms with Crippen LogP contribution >= 0.6 is 15.9 Å². The fourth-order valence-corrected chi connectivity index (χ4v) is 5.84. The summed E-state index contributed by atoms with van der Waals surface area (Å²) in [6, 6.07) is 0. The summed E-state index contributed by atoms with van der Waals surface area (Å²) in [5, 5.41) is 0. The smallest absolute Gasteiger partial charge is 0.0362 e. The monoisotopic (exact) mass is 270 g/mol. The average Bonchev–Trinajstić information content (AvgIpc) is 2.10. The van der Waals surface area contributed by atoms with Crippen LogP contribution in [-0.4, -0.2) is 4.32 Å². The summed E-state index contributed by atoms with van der Waals surface area (Å²) in [7, 11) is 0. The van der Waals surface area contributed by atoms with Crippen molar-refractivity contribution in [3.63, 3.8) is 0 Å². The molecule has 0 spiro atoms. The predicted octanol–water partition coefficient (Wildman–Crippen LogP) is 4.62. The van der Waals surface area contributed by atoms with Crippen molar-refractivity contribution < 1.29 is 0 Å². The molecule has 15 heavy (non-hydrogen) atoms. The van der Waals surface area contributed by atoms with Gasteiger partial charge in [-0.05, 0) is 61.2 Å². The lowest BCUT2D eigenvalue weighted by Gasteiger charge is -2.63. The first-order chi connectivity index (χ1) is 6.91. The molecule has 0 nitrogen and oxygen atoms in total. The second-order valence-corrected chi connectivity index (χ2v) is 8.63. The van der Waals surface area contributed by atoms with E-state index in [2.05, 4.69) is 36.7 Å². The van der Waals surface area contributed by atoms with Gasteiger partial charge in [0.2, 0.25) is 0 Å². The highest BCUT2D eigenvalue weighted by Gasteiger charge is 2.60. The second-order valence-electron chi connectivity index (χ2n) is 7.32. The minimum atomic E-state index is 0.426. The zero-order valence-electron chi connectivity index (χ0n) is 10.2. The summed E-state index contributed by atoms with van der Waals surface area (Å²) in [4.78, 5) is 0. The van der Waals surface area contributed by atoms with E-state index in [-0.39, 0.29) is 0 Å². The van der Waals surface area contributed by atoms with Crippen molar-refractivity contribution >= 4 is 15.9 Å². The van der Waals surface area contributed by atoms with Crippen molar-refractivity contribution in [2.45, 2.75) is 57.2 Å². The van der Waals surface area contributed by atoms with Crippen LogP contribution in [-0.2, 0) is 0 Å². The Hall–Kier alpha value is 0.480. The Balaban J connectivity index is 1.98. The molecule has 4 fully saturated rings. The number of alkyl halides is 1. The van der Waals surface area contributed by atoms with Crippen LogP contribution in [0.1, 0.15) is 52.9 Å². The van der Waals surface area contributed by atoms with Gasteiger partial charge in [-0.2, -0.15) is 0 Å². The summed E-state index contributed by atoms with van der Waals surface area (Å²) in [6.07, 6.45) is 7.59. The maximum Gasteiger partial charge on any atom is 0.0362 e. The minimum absolute atomic E-state index is 0.426. The summed E-state index contributed by atoms with van der Waals surface area (Å²) in [6.45, 7) is 7.30. The standard InChI is InChI=1S/C14H23Br/c1-13(2,3)14(15)11-5-9-4-10(7-11)8-12(14)6-9/h9-12H,4-8H2,1-3H3. The van der Waals surface area contributed by atoms with Crippen LogP contribution in [0.25, 0.3) is 0 Å². The van der Waals surface area contributed by atoms with Crippen LogP contribution in [0.5, 0.6) is 0 Å². The van der Waals surface area contributed by atoms with Crippen LogP contribution in [0.2, 0.25) is 0 Å². The Morgan fingerprint density at radius 3 is 1.60 bits per heavy atom. The molecular weight excluding hydrogens is 248 g/mol. The molecule has 0 aliphatic heterocycles. The highest BCUT2D eigenvalue weighted by molar-refractivity contribution is 9.10. The van der Waals surface area contributed by atoms with Crippen molar-refractivity contribution in [2.75, 3.05) is 0 Å². The zero-order chi connectivity index (χ0) is 10.8. The normalized spacial score (nSPS) is 53.6. The Bertz CT molecular complexity index is 246. The lowest BCUT2D eigenvalue weighted by atomic mass is 9.47. The lowest BCUT2D eigenvalue weighted by Crippen LogP contribution is -2.59. The lowest BCUT2D eigenvalue weighted by molar-refractivity contribution is -0.0533. The van der Waals surface area contributed by atoms with Crippen LogP contribution in [0.15, 0.2) is 0 Å². The average molecular weight is 271 g/mol. The topological polar surface area (TPSA) is 0 Å². The van der Waals surface area contributed by atoms with Gasteiger partial charge in [0.1, 0.15) is 0 Å². The highest BCUT2D eigenvalue weighted by Crippen LogP contribution is 2.66. The molecular formula is C14H23Br. The first-order valence-corrected chi connectivity index (χ1v) is 7.39. The van der Waals surface area contributed by atoms with Gasteiger partial charge in [-0.1, -0.05) is 36.7 Å². The predicted molar refractivity (Wildman–Crippen MR) is 68.2 cm³/mol. The molecule has 0 aromatic heterocycles. The SMILES string of the molecule is CC(C)(C)C1(Br)C2CC3CC(C2)CC1C3. The van der Waals surface area contributed by atoms with Gasteiger partial charge in [-0.3, -0.25) is 0 Å². The second kappa shape index (κ2) is 3.03. The third-order valence-corrected chi connectivity index (χ3v) is 7.96. The van der Waals surface area contributed by atoms with Gasteiger partial charge in [0.05, 0.1) is 0 Å². The molecule has 0 N–H and O–H groups in total. The molecule has 4 aliphatic rings. The maximum atomic E-state index is 4.21. The third kappa shape index (κ3) is 1.31. The highest BCUT2D eigenvalue weighted by atomic mass is 79.9. The molecule has 0 heterocycles. The van der Waals surface area contributed by atoms with E-state index >= 15 is 0 Å². The molecule has 0 amide bonds. The Labute approximate surface area is 102 Å². The molecule has 1 heteroatoms. The van der Waals surface area contributed by atoms with E-state index in [1.807, 2.05) is 0 Å². The number of hydrogen-bond acceptors (Lipinski definition) is 0. The molecule has 4 saturated carbocycles. The molecule has 0 saturated heterocycles. The third-order valence-electron chi connectivity index (χ3n) is 5.48. The first-order valence-electron chi connectivity index (χ1n) is 6.60. The summed E-state index contributed by atoms with van der Waals surface area (Å²) in [5.41, 5.74) is 0.426. The fraction of sp³-hybridized carbons (Fsp3) is 1.00. The largest absolute Gasteiger partial charge is 0.0842 e. The molecule has 0 atom stereocenters. The minimum Gasteiger partial charge on any atom is -0.0842 e. The van der Waals surface area contributed by atoms with Gasteiger partial charge in [0, 0.05) is 4.32 Å². The van der Waals surface area contributed by atoms with E-state index < -0.39 is 0 Å². The van der Waals surface area contributed by atoms with Gasteiger partial charge in [-0.15, -0.1) is 0 Å². The van der Waals surface area contributed by atoms with E-state index in [9.17, 15) is 0 Å². The van der Waals surface area contributed by atoms with E-state index in [0.717, 1.165) is 23.7 Å². The van der Waals surface area contributed by atoms with Crippen LogP contribution in [0.3, 0.4) is 0 Å². The summed E-state index contributed by atoms with van der Waals surface area (Å²) < 4.78 is 0.452. The molecule has 0 radical (unpaired) electrons. The van der Waals surface area contributed by atoms with Crippen molar-refractivity contribution in [3.8, 4) is 0 Å². The molecule has 4 aliphatic carbocycles. The Kier molecular flexibility index (Phi) is 2.14. The zero-order valence-corrected chi connectivity index (χ0v) is 11.8. The van der Waals surface area contributed by atoms with E-state index in [0.29, 0.717) is 9.74 Å². The number of halogens is 1. The van der Waals surface area contributed by atoms with Crippen LogP contribution in [0, 0.1) is 29.1 Å². The number of hydrogen-bond donors (Lipinski definition) is 0. The van der Waals surface area contributed by atoms with Crippen LogP contribution in [0.4, 0.5) is 0 Å². The van der Waals surface area contributed by atoms with Crippen LogP contribution < -0.4 is 0 Å². The Morgan fingerprint density at radius 1 is 0.867 bits per heavy atom. The Morgan fingerprint density at radius 2 is 1.27 bits per heavy atom. The van der Waals surface area contributed by atoms with Crippen molar-refractivity contribution in [1.29, 1.82) is 0 Å². The maximum absolute atomic E-state index is 4.21. The van der Waals surface area contributed by atoms with Crippen molar-refractivity contribution in [3.05, 3.63) is 0 Å². The van der Waals surface area contributed by atoms with Gasteiger partial charge in [-0.25, -0.2) is 0 Å². The summed E-state index contributed by atoms with van der Waals surface area (Å²) >= 11 is 4.21. The molecule has 0 aromatic rings. The quantitative estimate of drug-likeness (QED) is 0.564. The van der Waals surface area contributed by atoms with E-state index in [1.165, 1.54) is 25.7 Å². The number of rotatable bonds is 0. The summed E-state index contributed by atoms with van der Waals surface area (Å²) in [5.74, 6) is 4.10. The fourth-order valence-electron chi connectivity index (χ4n) is 5.09. The molecule has 0 unspecified atom stereocenters. The van der Waals surface area contributed by atoms with Gasteiger partial charge in [0.15, 0.2) is 0 Å².